The molecule has 98 valence electrons. The minimum Gasteiger partial charge on any atom is -0.349 e. The minimum atomic E-state index is -0.403. The Labute approximate surface area is 115 Å². The number of carbonyl (C=O) groups is 1. The van der Waals surface area contributed by atoms with Gasteiger partial charge in [-0.3, -0.25) is 4.79 Å². The number of rotatable bonds is 2. The van der Waals surface area contributed by atoms with E-state index < -0.39 is 5.82 Å². The van der Waals surface area contributed by atoms with Gasteiger partial charge in [-0.15, -0.1) is 0 Å². The summed E-state index contributed by atoms with van der Waals surface area (Å²) >= 11 is 3.12. The number of hydrogen-bond acceptors (Lipinski definition) is 1. The Balaban J connectivity index is 2.09. The second-order valence-electron chi connectivity index (χ2n) is 4.94. The molecule has 1 fully saturated rings. The summed E-state index contributed by atoms with van der Waals surface area (Å²) in [5.74, 6) is -0.102. The monoisotopic (exact) mass is 313 g/mol. The van der Waals surface area contributed by atoms with Crippen LogP contribution in [0, 0.1) is 11.7 Å². The molecule has 0 bridgehead atoms. The van der Waals surface area contributed by atoms with Gasteiger partial charge in [0.05, 0.1) is 10.0 Å². The summed E-state index contributed by atoms with van der Waals surface area (Å²) in [6.45, 7) is 2.16. The predicted molar refractivity (Wildman–Crippen MR) is 73.0 cm³/mol. The summed E-state index contributed by atoms with van der Waals surface area (Å²) in [6, 6.07) is 4.74. The molecule has 0 radical (unpaired) electrons. The molecule has 0 heterocycles. The molecule has 0 saturated heterocycles. The summed E-state index contributed by atoms with van der Waals surface area (Å²) in [5, 5.41) is 3.02. The number of halogens is 2. The summed E-state index contributed by atoms with van der Waals surface area (Å²) in [7, 11) is 0. The van der Waals surface area contributed by atoms with Gasteiger partial charge in [0.2, 0.25) is 0 Å². The number of hydrogen-bond donors (Lipinski definition) is 1. The molecular formula is C14H17BrFNO. The number of benzene rings is 1. The Morgan fingerprint density at radius 3 is 2.83 bits per heavy atom. The van der Waals surface area contributed by atoms with Crippen molar-refractivity contribution in [3.05, 3.63) is 34.1 Å². The highest BCUT2D eigenvalue weighted by Gasteiger charge is 2.24. The molecule has 2 nitrogen and oxygen atoms in total. The summed E-state index contributed by atoms with van der Waals surface area (Å²) in [4.78, 5) is 12.1. The lowest BCUT2D eigenvalue weighted by Crippen LogP contribution is -2.41. The average molecular weight is 314 g/mol. The van der Waals surface area contributed by atoms with Crippen LogP contribution >= 0.6 is 15.9 Å². The van der Waals surface area contributed by atoms with E-state index in [0.29, 0.717) is 11.5 Å². The van der Waals surface area contributed by atoms with Crippen molar-refractivity contribution in [3.8, 4) is 0 Å². The fourth-order valence-corrected chi connectivity index (χ4v) is 2.90. The summed E-state index contributed by atoms with van der Waals surface area (Å²) in [6.07, 6.45) is 4.55. The van der Waals surface area contributed by atoms with Crippen molar-refractivity contribution in [2.45, 2.75) is 38.6 Å². The van der Waals surface area contributed by atoms with Crippen LogP contribution < -0.4 is 5.32 Å². The van der Waals surface area contributed by atoms with E-state index in [0.717, 1.165) is 19.3 Å². The molecule has 4 heteroatoms. The molecule has 0 aliphatic heterocycles. The fraction of sp³-hybridized carbons (Fsp3) is 0.500. The van der Waals surface area contributed by atoms with Gasteiger partial charge < -0.3 is 5.32 Å². The zero-order valence-electron chi connectivity index (χ0n) is 10.4. The van der Waals surface area contributed by atoms with Crippen molar-refractivity contribution in [2.75, 3.05) is 0 Å². The zero-order valence-corrected chi connectivity index (χ0v) is 12.0. The molecule has 18 heavy (non-hydrogen) atoms. The van der Waals surface area contributed by atoms with Crippen LogP contribution in [-0.4, -0.2) is 11.9 Å². The topological polar surface area (TPSA) is 29.1 Å². The van der Waals surface area contributed by atoms with E-state index in [1.807, 2.05) is 0 Å². The molecule has 1 aliphatic carbocycles. The van der Waals surface area contributed by atoms with Gasteiger partial charge >= 0.3 is 0 Å². The van der Waals surface area contributed by atoms with Gasteiger partial charge in [-0.25, -0.2) is 4.39 Å². The Bertz CT molecular complexity index is 449. The normalized spacial score (nSPS) is 23.7. The molecule has 1 aliphatic rings. The van der Waals surface area contributed by atoms with E-state index in [1.165, 1.54) is 12.5 Å². The first-order valence-corrected chi connectivity index (χ1v) is 7.13. The molecule has 1 aromatic rings. The van der Waals surface area contributed by atoms with E-state index >= 15 is 0 Å². The molecule has 2 rings (SSSR count). The highest BCUT2D eigenvalue weighted by molar-refractivity contribution is 9.10. The molecule has 1 saturated carbocycles. The molecule has 0 aromatic heterocycles. The Morgan fingerprint density at radius 1 is 1.39 bits per heavy atom. The standard InChI is InChI=1S/C14H17BrFNO/c1-9-5-2-3-8-12(9)17-14(18)10-6-4-7-11(16)13(10)15/h4,6-7,9,12H,2-3,5,8H2,1H3,(H,17,18). The van der Waals surface area contributed by atoms with Gasteiger partial charge in [-0.2, -0.15) is 0 Å². The van der Waals surface area contributed by atoms with Crippen molar-refractivity contribution in [3.63, 3.8) is 0 Å². The van der Waals surface area contributed by atoms with Crippen molar-refractivity contribution in [2.24, 2.45) is 5.92 Å². The highest BCUT2D eigenvalue weighted by atomic mass is 79.9. The lowest BCUT2D eigenvalue weighted by atomic mass is 9.86. The van der Waals surface area contributed by atoms with Gasteiger partial charge in [-0.05, 0) is 46.8 Å². The van der Waals surface area contributed by atoms with Crippen LogP contribution in [0.5, 0.6) is 0 Å². The molecule has 1 amide bonds. The lowest BCUT2D eigenvalue weighted by Gasteiger charge is -2.29. The third-order valence-corrected chi connectivity index (χ3v) is 4.43. The second kappa shape index (κ2) is 5.83. The highest BCUT2D eigenvalue weighted by Crippen LogP contribution is 2.25. The van der Waals surface area contributed by atoms with Crippen molar-refractivity contribution in [1.29, 1.82) is 0 Å². The van der Waals surface area contributed by atoms with Gasteiger partial charge in [0.15, 0.2) is 0 Å². The Morgan fingerprint density at radius 2 is 2.11 bits per heavy atom. The zero-order chi connectivity index (χ0) is 13.1. The van der Waals surface area contributed by atoms with E-state index in [9.17, 15) is 9.18 Å². The van der Waals surface area contributed by atoms with Crippen LogP contribution in [0.4, 0.5) is 4.39 Å². The quantitative estimate of drug-likeness (QED) is 0.881. The molecule has 0 spiro atoms. The van der Waals surface area contributed by atoms with Gasteiger partial charge in [0.25, 0.3) is 5.91 Å². The van der Waals surface area contributed by atoms with E-state index in [-0.39, 0.29) is 16.4 Å². The number of amides is 1. The molecule has 1 N–H and O–H groups in total. The lowest BCUT2D eigenvalue weighted by molar-refractivity contribution is 0.0909. The first kappa shape index (κ1) is 13.5. The van der Waals surface area contributed by atoms with Gasteiger partial charge in [0, 0.05) is 6.04 Å². The van der Waals surface area contributed by atoms with Crippen molar-refractivity contribution >= 4 is 21.8 Å². The second-order valence-corrected chi connectivity index (χ2v) is 5.74. The minimum absolute atomic E-state index is 0.194. The van der Waals surface area contributed by atoms with E-state index in [4.69, 9.17) is 0 Å². The Hall–Kier alpha value is -0.900. The summed E-state index contributed by atoms with van der Waals surface area (Å²) < 4.78 is 13.6. The largest absolute Gasteiger partial charge is 0.349 e. The molecule has 2 unspecified atom stereocenters. The average Bonchev–Trinajstić information content (AvgIpc) is 2.35. The van der Waals surface area contributed by atoms with E-state index in [2.05, 4.69) is 28.2 Å². The van der Waals surface area contributed by atoms with Gasteiger partial charge in [-0.1, -0.05) is 25.8 Å². The smallest absolute Gasteiger partial charge is 0.252 e. The van der Waals surface area contributed by atoms with Crippen LogP contribution in [-0.2, 0) is 0 Å². The summed E-state index contributed by atoms with van der Waals surface area (Å²) in [5.41, 5.74) is 0.368. The van der Waals surface area contributed by atoms with Crippen LogP contribution in [0.15, 0.2) is 22.7 Å². The third-order valence-electron chi connectivity index (χ3n) is 3.62. The molecule has 2 atom stereocenters. The third kappa shape index (κ3) is 2.91. The number of nitrogens with one attached hydrogen (secondary N) is 1. The van der Waals surface area contributed by atoms with Crippen LogP contribution in [0.2, 0.25) is 0 Å². The van der Waals surface area contributed by atoms with Crippen LogP contribution in [0.1, 0.15) is 43.0 Å². The maximum atomic E-state index is 13.4. The van der Waals surface area contributed by atoms with E-state index in [1.54, 1.807) is 12.1 Å². The van der Waals surface area contributed by atoms with Crippen LogP contribution in [0.3, 0.4) is 0 Å². The first-order chi connectivity index (χ1) is 8.59. The Kier molecular flexibility index (Phi) is 4.38. The maximum Gasteiger partial charge on any atom is 0.252 e. The molecule has 1 aromatic carbocycles. The van der Waals surface area contributed by atoms with Crippen LogP contribution in [0.25, 0.3) is 0 Å². The van der Waals surface area contributed by atoms with Gasteiger partial charge in [0.1, 0.15) is 5.82 Å². The fourth-order valence-electron chi connectivity index (χ4n) is 2.46. The molecular weight excluding hydrogens is 297 g/mol. The number of carbonyl (C=O) groups excluding carboxylic acids is 1. The SMILES string of the molecule is CC1CCCCC1NC(=O)c1cccc(F)c1Br. The maximum absolute atomic E-state index is 13.4. The van der Waals surface area contributed by atoms with Crippen molar-refractivity contribution in [1.82, 2.24) is 5.32 Å². The van der Waals surface area contributed by atoms with Crippen molar-refractivity contribution < 1.29 is 9.18 Å². The predicted octanol–water partition coefficient (Wildman–Crippen LogP) is 3.90. The first-order valence-electron chi connectivity index (χ1n) is 6.34.